The number of nitrogens with two attached hydrogens (primary N) is 1. The molecule has 0 amide bonds. The van der Waals surface area contributed by atoms with Gasteiger partial charge in [0.15, 0.2) is 0 Å². The summed E-state index contributed by atoms with van der Waals surface area (Å²) in [5.41, 5.74) is 8.49. The predicted molar refractivity (Wildman–Crippen MR) is 86.2 cm³/mol. The van der Waals surface area contributed by atoms with Crippen molar-refractivity contribution in [2.75, 3.05) is 7.11 Å². The molecule has 1 heterocycles. The van der Waals surface area contributed by atoms with Crippen molar-refractivity contribution in [1.29, 1.82) is 0 Å². The highest BCUT2D eigenvalue weighted by Crippen LogP contribution is 2.23. The van der Waals surface area contributed by atoms with E-state index in [-0.39, 0.29) is 6.04 Å². The Balaban J connectivity index is 2.10. The maximum Gasteiger partial charge on any atom is 0.119 e. The van der Waals surface area contributed by atoms with E-state index >= 15 is 0 Å². The van der Waals surface area contributed by atoms with Crippen LogP contribution in [0.25, 0.3) is 0 Å². The molecule has 20 heavy (non-hydrogen) atoms. The molecule has 4 heteroatoms. The molecule has 0 saturated carbocycles. The Morgan fingerprint density at radius 2 is 2.15 bits per heavy atom. The van der Waals surface area contributed by atoms with Gasteiger partial charge in [0, 0.05) is 29.5 Å². The maximum absolute atomic E-state index is 6.00. The molecule has 108 valence electrons. The first-order chi connectivity index (χ1) is 9.62. The van der Waals surface area contributed by atoms with Gasteiger partial charge in [-0.25, -0.2) is 0 Å². The fourth-order valence-electron chi connectivity index (χ4n) is 2.15. The quantitative estimate of drug-likeness (QED) is 0.875. The van der Waals surface area contributed by atoms with Crippen LogP contribution in [0.3, 0.4) is 0 Å². The Morgan fingerprint density at radius 1 is 1.35 bits per heavy atom. The molecule has 1 aromatic heterocycles. The summed E-state index contributed by atoms with van der Waals surface area (Å²) in [6, 6.07) is 8.42. The molecular weight excluding hydrogens is 316 g/mol. The smallest absolute Gasteiger partial charge is 0.119 e. The number of benzene rings is 1. The summed E-state index contributed by atoms with van der Waals surface area (Å²) in [5.74, 6) is 0.878. The van der Waals surface area contributed by atoms with Crippen LogP contribution in [-0.2, 0) is 13.0 Å². The highest BCUT2D eigenvalue weighted by atomic mass is 79.9. The first-order valence-electron chi connectivity index (χ1n) is 6.85. The van der Waals surface area contributed by atoms with Crippen LogP contribution in [0.4, 0.5) is 0 Å². The summed E-state index contributed by atoms with van der Waals surface area (Å²) in [5, 5.41) is 0. The van der Waals surface area contributed by atoms with Crippen LogP contribution in [0.15, 0.2) is 41.1 Å². The third-order valence-electron chi connectivity index (χ3n) is 3.44. The molecule has 1 atom stereocenters. The van der Waals surface area contributed by atoms with Gasteiger partial charge >= 0.3 is 0 Å². The monoisotopic (exact) mass is 336 g/mol. The lowest BCUT2D eigenvalue weighted by Gasteiger charge is -2.09. The molecule has 2 N–H and O–H groups in total. The zero-order valence-corrected chi connectivity index (χ0v) is 13.6. The van der Waals surface area contributed by atoms with Gasteiger partial charge in [0.25, 0.3) is 0 Å². The molecule has 3 nitrogen and oxygen atoms in total. The summed E-state index contributed by atoms with van der Waals surface area (Å²) in [6.07, 6.45) is 6.21. The lowest BCUT2D eigenvalue weighted by atomic mass is 10.1. The van der Waals surface area contributed by atoms with E-state index in [0.717, 1.165) is 29.6 Å². The molecule has 0 radical (unpaired) electrons. The minimum absolute atomic E-state index is 0.245. The average Bonchev–Trinajstić information content (AvgIpc) is 2.88. The molecular formula is C16H21BrN2O. The van der Waals surface area contributed by atoms with Crippen LogP contribution >= 0.6 is 15.9 Å². The van der Waals surface area contributed by atoms with Crippen LogP contribution in [0.2, 0.25) is 0 Å². The van der Waals surface area contributed by atoms with Gasteiger partial charge in [0.1, 0.15) is 5.75 Å². The van der Waals surface area contributed by atoms with E-state index in [1.807, 2.05) is 12.1 Å². The van der Waals surface area contributed by atoms with Gasteiger partial charge in [0.2, 0.25) is 0 Å². The minimum atomic E-state index is 0.245. The van der Waals surface area contributed by atoms with Gasteiger partial charge < -0.3 is 15.0 Å². The Kier molecular flexibility index (Phi) is 5.26. The Morgan fingerprint density at radius 3 is 2.85 bits per heavy atom. The van der Waals surface area contributed by atoms with Crippen molar-refractivity contribution >= 4 is 15.9 Å². The fraction of sp³-hybridized carbons (Fsp3) is 0.375. The largest absolute Gasteiger partial charge is 0.497 e. The molecule has 2 rings (SSSR count). The van der Waals surface area contributed by atoms with E-state index in [2.05, 4.69) is 51.9 Å². The molecule has 1 aromatic carbocycles. The van der Waals surface area contributed by atoms with Crippen molar-refractivity contribution in [3.05, 3.63) is 52.3 Å². The van der Waals surface area contributed by atoms with Gasteiger partial charge in [-0.15, -0.1) is 0 Å². The van der Waals surface area contributed by atoms with E-state index in [9.17, 15) is 0 Å². The fourth-order valence-corrected chi connectivity index (χ4v) is 2.52. The first-order valence-corrected chi connectivity index (χ1v) is 7.64. The Bertz CT molecular complexity index is 565. The molecule has 1 unspecified atom stereocenters. The van der Waals surface area contributed by atoms with E-state index in [0.29, 0.717) is 0 Å². The maximum atomic E-state index is 6.00. The third kappa shape index (κ3) is 3.87. The summed E-state index contributed by atoms with van der Waals surface area (Å²) >= 11 is 3.59. The van der Waals surface area contributed by atoms with Crippen LogP contribution in [0, 0.1) is 0 Å². The number of methoxy groups -OCH3 is 1. The molecule has 0 aliphatic carbocycles. The predicted octanol–water partition coefficient (Wildman–Crippen LogP) is 3.59. The molecule has 2 aromatic rings. The van der Waals surface area contributed by atoms with Gasteiger partial charge in [-0.1, -0.05) is 22.9 Å². The average molecular weight is 337 g/mol. The number of hydrogen-bond donors (Lipinski definition) is 1. The van der Waals surface area contributed by atoms with Crippen molar-refractivity contribution in [2.24, 2.45) is 5.73 Å². The van der Waals surface area contributed by atoms with Crippen LogP contribution in [0.5, 0.6) is 5.75 Å². The SMILES string of the molecule is CCC(N)Cc1ccn(Cc2cc(OC)ccc2Br)c1. The number of ether oxygens (including phenoxy) is 1. The Hall–Kier alpha value is -1.26. The van der Waals surface area contributed by atoms with E-state index < -0.39 is 0 Å². The second-order valence-electron chi connectivity index (χ2n) is 5.02. The van der Waals surface area contributed by atoms with Gasteiger partial charge in [-0.3, -0.25) is 0 Å². The normalized spacial score (nSPS) is 12.4. The highest BCUT2D eigenvalue weighted by Gasteiger charge is 2.06. The van der Waals surface area contributed by atoms with Gasteiger partial charge in [-0.05, 0) is 48.2 Å². The Labute approximate surface area is 128 Å². The van der Waals surface area contributed by atoms with Crippen LogP contribution in [0.1, 0.15) is 24.5 Å². The van der Waals surface area contributed by atoms with E-state index in [1.165, 1.54) is 11.1 Å². The third-order valence-corrected chi connectivity index (χ3v) is 4.21. The van der Waals surface area contributed by atoms with Crippen LogP contribution < -0.4 is 10.5 Å². The summed E-state index contributed by atoms with van der Waals surface area (Å²) in [6.45, 7) is 2.94. The van der Waals surface area contributed by atoms with Gasteiger partial charge in [-0.2, -0.15) is 0 Å². The van der Waals surface area contributed by atoms with Crippen molar-refractivity contribution < 1.29 is 4.74 Å². The minimum Gasteiger partial charge on any atom is -0.497 e. The van der Waals surface area contributed by atoms with E-state index in [4.69, 9.17) is 10.5 Å². The zero-order chi connectivity index (χ0) is 14.5. The molecule has 0 bridgehead atoms. The van der Waals surface area contributed by atoms with Crippen molar-refractivity contribution in [3.63, 3.8) is 0 Å². The van der Waals surface area contributed by atoms with E-state index in [1.54, 1.807) is 7.11 Å². The molecule has 0 spiro atoms. The number of aromatic nitrogens is 1. The van der Waals surface area contributed by atoms with Crippen molar-refractivity contribution in [2.45, 2.75) is 32.4 Å². The lowest BCUT2D eigenvalue weighted by molar-refractivity contribution is 0.414. The van der Waals surface area contributed by atoms with Crippen molar-refractivity contribution in [3.8, 4) is 5.75 Å². The van der Waals surface area contributed by atoms with Gasteiger partial charge in [0.05, 0.1) is 7.11 Å². The molecule has 0 fully saturated rings. The number of halogens is 1. The summed E-state index contributed by atoms with van der Waals surface area (Å²) < 4.78 is 8.55. The summed E-state index contributed by atoms with van der Waals surface area (Å²) in [4.78, 5) is 0. The molecule has 0 saturated heterocycles. The summed E-state index contributed by atoms with van der Waals surface area (Å²) in [7, 11) is 1.69. The number of nitrogens with zero attached hydrogens (tertiary/aromatic N) is 1. The standard InChI is InChI=1S/C16H21BrN2O/c1-3-14(18)8-12-6-7-19(10-12)11-13-9-15(20-2)4-5-16(13)17/h4-7,9-10,14H,3,8,11,18H2,1-2H3. The second kappa shape index (κ2) is 6.95. The van der Waals surface area contributed by atoms with Crippen molar-refractivity contribution in [1.82, 2.24) is 4.57 Å². The topological polar surface area (TPSA) is 40.2 Å². The first kappa shape index (κ1) is 15.1. The number of hydrogen-bond acceptors (Lipinski definition) is 2. The molecule has 0 aliphatic heterocycles. The zero-order valence-electron chi connectivity index (χ0n) is 12.0. The number of rotatable bonds is 6. The lowest BCUT2D eigenvalue weighted by Crippen LogP contribution is -2.21. The molecule has 0 aliphatic rings. The van der Waals surface area contributed by atoms with Crippen LogP contribution in [-0.4, -0.2) is 17.7 Å². The second-order valence-corrected chi connectivity index (χ2v) is 5.88. The highest BCUT2D eigenvalue weighted by molar-refractivity contribution is 9.10.